The fourth-order valence-corrected chi connectivity index (χ4v) is 2.04. The molecule has 0 aliphatic carbocycles. The van der Waals surface area contributed by atoms with Crippen LogP contribution in [0.5, 0.6) is 0 Å². The van der Waals surface area contributed by atoms with E-state index in [-0.39, 0.29) is 5.03 Å². The summed E-state index contributed by atoms with van der Waals surface area (Å²) in [4.78, 5) is 3.82. The lowest BCUT2D eigenvalue weighted by Gasteiger charge is -2.05. The Hall–Kier alpha value is -0.620. The van der Waals surface area contributed by atoms with Crippen molar-refractivity contribution in [2.45, 2.75) is 5.03 Å². The first kappa shape index (κ1) is 10.5. The van der Waals surface area contributed by atoms with Crippen LogP contribution in [0, 0.1) is 0 Å². The minimum absolute atomic E-state index is 0.0678. The summed E-state index contributed by atoms with van der Waals surface area (Å²) < 4.78 is 23.2. The highest BCUT2D eigenvalue weighted by Gasteiger charge is 2.14. The van der Waals surface area contributed by atoms with Gasteiger partial charge in [-0.1, -0.05) is 0 Å². The van der Waals surface area contributed by atoms with Gasteiger partial charge in [0.2, 0.25) is 0 Å². The van der Waals surface area contributed by atoms with Crippen LogP contribution in [-0.2, 0) is 9.84 Å². The Morgan fingerprint density at radius 3 is 2.62 bits per heavy atom. The third-order valence-electron chi connectivity index (χ3n) is 1.44. The number of halogens is 1. The van der Waals surface area contributed by atoms with Crippen LogP contribution in [0.2, 0.25) is 0 Å². The number of nitrogens with zero attached hydrogens (tertiary/aromatic N) is 1. The first-order valence-electron chi connectivity index (χ1n) is 3.48. The lowest BCUT2D eigenvalue weighted by molar-refractivity contribution is 0.598. The van der Waals surface area contributed by atoms with Gasteiger partial charge >= 0.3 is 0 Å². The van der Waals surface area contributed by atoms with E-state index in [0.29, 0.717) is 5.69 Å². The number of anilines is 1. The molecule has 0 fully saturated rings. The highest BCUT2D eigenvalue weighted by Crippen LogP contribution is 2.21. The molecule has 0 atom stereocenters. The Morgan fingerprint density at radius 1 is 1.54 bits per heavy atom. The Bertz CT molecular complexity index is 417. The van der Waals surface area contributed by atoms with E-state index in [4.69, 9.17) is 0 Å². The van der Waals surface area contributed by atoms with Crippen LogP contribution in [0.4, 0.5) is 5.69 Å². The highest BCUT2D eigenvalue weighted by molar-refractivity contribution is 9.10. The highest BCUT2D eigenvalue weighted by atomic mass is 79.9. The number of sulfone groups is 1. The molecule has 1 heterocycles. The van der Waals surface area contributed by atoms with E-state index in [9.17, 15) is 8.42 Å². The van der Waals surface area contributed by atoms with Gasteiger partial charge in [0.25, 0.3) is 0 Å². The summed E-state index contributed by atoms with van der Waals surface area (Å²) in [6.45, 7) is 0. The van der Waals surface area contributed by atoms with Crippen molar-refractivity contribution in [1.82, 2.24) is 4.98 Å². The molecule has 0 radical (unpaired) electrons. The zero-order valence-corrected chi connectivity index (χ0v) is 9.61. The zero-order valence-electron chi connectivity index (χ0n) is 7.20. The maximum atomic E-state index is 11.2. The summed E-state index contributed by atoms with van der Waals surface area (Å²) >= 11 is 3.21. The fraction of sp³-hybridized carbons (Fsp3) is 0.286. The van der Waals surface area contributed by atoms with Crippen molar-refractivity contribution in [1.29, 1.82) is 0 Å². The van der Waals surface area contributed by atoms with E-state index in [0.717, 1.165) is 10.7 Å². The normalized spacial score (nSPS) is 11.3. The summed E-state index contributed by atoms with van der Waals surface area (Å²) in [7, 11) is -1.61. The molecule has 0 spiro atoms. The van der Waals surface area contributed by atoms with E-state index in [1.165, 1.54) is 6.20 Å². The number of nitrogens with one attached hydrogen (secondary N) is 1. The lowest BCUT2D eigenvalue weighted by atomic mass is 10.4. The molecule has 13 heavy (non-hydrogen) atoms. The third kappa shape index (κ3) is 2.41. The molecule has 1 aromatic rings. The molecule has 0 saturated heterocycles. The zero-order chi connectivity index (χ0) is 10.1. The second kappa shape index (κ2) is 3.63. The van der Waals surface area contributed by atoms with Crippen LogP contribution >= 0.6 is 15.9 Å². The fourth-order valence-electron chi connectivity index (χ4n) is 0.901. The largest absolute Gasteiger partial charge is 0.386 e. The Kier molecular flexibility index (Phi) is 2.92. The van der Waals surface area contributed by atoms with Gasteiger partial charge in [-0.3, -0.25) is 0 Å². The maximum absolute atomic E-state index is 11.2. The van der Waals surface area contributed by atoms with Gasteiger partial charge in [-0.2, -0.15) is 0 Å². The van der Waals surface area contributed by atoms with Gasteiger partial charge in [-0.25, -0.2) is 13.4 Å². The predicted molar refractivity (Wildman–Crippen MR) is 54.6 cm³/mol. The molecular weight excluding hydrogens is 256 g/mol. The summed E-state index contributed by atoms with van der Waals surface area (Å²) in [5.74, 6) is 0. The van der Waals surface area contributed by atoms with Crippen LogP contribution in [0.25, 0.3) is 0 Å². The van der Waals surface area contributed by atoms with Crippen molar-refractivity contribution in [3.8, 4) is 0 Å². The Morgan fingerprint density at radius 2 is 2.15 bits per heavy atom. The third-order valence-corrected chi connectivity index (χ3v) is 2.90. The van der Waals surface area contributed by atoms with E-state index in [1.54, 1.807) is 13.1 Å². The average molecular weight is 265 g/mol. The molecule has 72 valence electrons. The van der Waals surface area contributed by atoms with Gasteiger partial charge in [0, 0.05) is 24.0 Å². The van der Waals surface area contributed by atoms with Crippen LogP contribution in [0.15, 0.2) is 21.8 Å². The van der Waals surface area contributed by atoms with Crippen LogP contribution in [-0.4, -0.2) is 26.7 Å². The second-order valence-electron chi connectivity index (χ2n) is 2.53. The molecule has 1 N–H and O–H groups in total. The minimum Gasteiger partial charge on any atom is -0.386 e. The minimum atomic E-state index is -3.26. The van der Waals surface area contributed by atoms with Gasteiger partial charge in [0.15, 0.2) is 14.9 Å². The van der Waals surface area contributed by atoms with Crippen LogP contribution in [0.3, 0.4) is 0 Å². The monoisotopic (exact) mass is 264 g/mol. The molecule has 0 unspecified atom stereocenters. The SMILES string of the molecule is CNc1cc(Br)cnc1S(C)(=O)=O. The van der Waals surface area contributed by atoms with E-state index < -0.39 is 9.84 Å². The molecule has 0 saturated carbocycles. The van der Waals surface area contributed by atoms with Crippen molar-refractivity contribution in [3.05, 3.63) is 16.7 Å². The quantitative estimate of drug-likeness (QED) is 0.875. The van der Waals surface area contributed by atoms with Crippen molar-refractivity contribution >= 4 is 31.5 Å². The van der Waals surface area contributed by atoms with E-state index >= 15 is 0 Å². The standard InChI is InChI=1S/C7H9BrN2O2S/c1-9-6-3-5(8)4-10-7(6)13(2,11)12/h3-4,9H,1-2H3. The smallest absolute Gasteiger partial charge is 0.194 e. The van der Waals surface area contributed by atoms with Gasteiger partial charge in [0.1, 0.15) is 0 Å². The van der Waals surface area contributed by atoms with E-state index in [1.807, 2.05) is 0 Å². The number of aromatic nitrogens is 1. The first-order chi connectivity index (χ1) is 5.95. The first-order valence-corrected chi connectivity index (χ1v) is 6.17. The molecular formula is C7H9BrN2O2S. The average Bonchev–Trinajstić information content (AvgIpc) is 2.01. The van der Waals surface area contributed by atoms with E-state index in [2.05, 4.69) is 26.2 Å². The molecule has 1 aromatic heterocycles. The van der Waals surface area contributed by atoms with Gasteiger partial charge < -0.3 is 5.32 Å². The number of pyridine rings is 1. The van der Waals surface area contributed by atoms with Gasteiger partial charge in [0.05, 0.1) is 5.69 Å². The molecule has 0 aliphatic rings. The number of hydrogen-bond acceptors (Lipinski definition) is 4. The molecule has 4 nitrogen and oxygen atoms in total. The summed E-state index contributed by atoms with van der Waals surface area (Å²) in [5.41, 5.74) is 0.497. The Balaban J connectivity index is 3.39. The summed E-state index contributed by atoms with van der Waals surface area (Å²) in [6.07, 6.45) is 2.58. The molecule has 0 bridgehead atoms. The van der Waals surface area contributed by atoms with Crippen molar-refractivity contribution in [3.63, 3.8) is 0 Å². The van der Waals surface area contributed by atoms with Crippen LogP contribution < -0.4 is 5.32 Å². The maximum Gasteiger partial charge on any atom is 0.194 e. The molecule has 0 amide bonds. The second-order valence-corrected chi connectivity index (χ2v) is 5.38. The Labute approximate surface area is 85.4 Å². The van der Waals surface area contributed by atoms with Crippen LogP contribution in [0.1, 0.15) is 0 Å². The van der Waals surface area contributed by atoms with Gasteiger partial charge in [-0.15, -0.1) is 0 Å². The van der Waals surface area contributed by atoms with Crippen molar-refractivity contribution in [2.75, 3.05) is 18.6 Å². The van der Waals surface area contributed by atoms with Crippen molar-refractivity contribution in [2.24, 2.45) is 0 Å². The van der Waals surface area contributed by atoms with Crippen molar-refractivity contribution < 1.29 is 8.42 Å². The summed E-state index contributed by atoms with van der Waals surface area (Å²) in [5, 5.41) is 2.84. The van der Waals surface area contributed by atoms with Gasteiger partial charge in [-0.05, 0) is 22.0 Å². The summed E-state index contributed by atoms with van der Waals surface area (Å²) in [6, 6.07) is 1.67. The predicted octanol–water partition coefficient (Wildman–Crippen LogP) is 1.29. The molecule has 6 heteroatoms. The lowest BCUT2D eigenvalue weighted by Crippen LogP contribution is -2.05. The molecule has 0 aliphatic heterocycles. The topological polar surface area (TPSA) is 59.1 Å². The number of rotatable bonds is 2. The molecule has 1 rings (SSSR count). The molecule has 0 aromatic carbocycles. The number of hydrogen-bond donors (Lipinski definition) is 1.